The monoisotopic (exact) mass is 169 g/mol. The highest BCUT2D eigenvalue weighted by Gasteiger charge is 2.01. The topological polar surface area (TPSA) is 3.24 Å². The van der Waals surface area contributed by atoms with Gasteiger partial charge in [-0.3, -0.25) is 4.42 Å². The van der Waals surface area contributed by atoms with E-state index in [1.807, 2.05) is 25.1 Å². The smallest absolute Gasteiger partial charge is 0.0552 e. The van der Waals surface area contributed by atoms with Gasteiger partial charge in [0.1, 0.15) is 0 Å². The van der Waals surface area contributed by atoms with Gasteiger partial charge in [0.05, 0.1) is 5.69 Å². The fraction of sp³-hybridized carbons (Fsp3) is 0.333. The molecule has 0 saturated heterocycles. The van der Waals surface area contributed by atoms with Crippen molar-refractivity contribution in [3.63, 3.8) is 0 Å². The Morgan fingerprint density at radius 1 is 1.36 bits per heavy atom. The van der Waals surface area contributed by atoms with Crippen molar-refractivity contribution in [2.24, 2.45) is 0 Å². The van der Waals surface area contributed by atoms with E-state index >= 15 is 0 Å². The third-order valence-electron chi connectivity index (χ3n) is 1.65. The molecule has 0 aliphatic heterocycles. The predicted octanol–water partition coefficient (Wildman–Crippen LogP) is 2.98. The Balaban J connectivity index is 2.93. The molecule has 0 aromatic heterocycles. The summed E-state index contributed by atoms with van der Waals surface area (Å²) in [5, 5.41) is 0. The zero-order valence-electron chi connectivity index (χ0n) is 6.84. The molecule has 0 heterocycles. The molecule has 1 nitrogen and oxygen atoms in total. The van der Waals surface area contributed by atoms with Gasteiger partial charge < -0.3 is 0 Å². The van der Waals surface area contributed by atoms with Gasteiger partial charge in [0.15, 0.2) is 0 Å². The van der Waals surface area contributed by atoms with Gasteiger partial charge in [0.25, 0.3) is 0 Å². The second kappa shape index (κ2) is 3.63. The van der Waals surface area contributed by atoms with E-state index in [1.165, 1.54) is 5.56 Å². The quantitative estimate of drug-likeness (QED) is 0.616. The second-order valence-corrected chi connectivity index (χ2v) is 2.87. The van der Waals surface area contributed by atoms with Crippen LogP contribution in [0.4, 0.5) is 5.69 Å². The van der Waals surface area contributed by atoms with Gasteiger partial charge in [-0.2, -0.15) is 0 Å². The fourth-order valence-electron chi connectivity index (χ4n) is 1.01. The van der Waals surface area contributed by atoms with Gasteiger partial charge >= 0.3 is 0 Å². The minimum atomic E-state index is 0.826. The molecular formula is C9H12ClN. The third-order valence-corrected chi connectivity index (χ3v) is 2.08. The van der Waals surface area contributed by atoms with E-state index in [4.69, 9.17) is 11.8 Å². The van der Waals surface area contributed by atoms with E-state index in [0.29, 0.717) is 0 Å². The number of hydrogen-bond donors (Lipinski definition) is 0. The number of anilines is 1. The molecule has 0 unspecified atom stereocenters. The Bertz CT molecular complexity index is 235. The summed E-state index contributed by atoms with van der Waals surface area (Å²) >= 11 is 5.93. The van der Waals surface area contributed by atoms with Gasteiger partial charge in [-0.1, -0.05) is 18.2 Å². The summed E-state index contributed by atoms with van der Waals surface area (Å²) in [6.45, 7) is 4.91. The third kappa shape index (κ3) is 1.87. The highest BCUT2D eigenvalue weighted by Crippen LogP contribution is 2.20. The molecule has 0 aliphatic rings. The number of benzene rings is 1. The van der Waals surface area contributed by atoms with Crippen molar-refractivity contribution in [3.8, 4) is 0 Å². The predicted molar refractivity (Wildman–Crippen MR) is 50.1 cm³/mol. The van der Waals surface area contributed by atoms with E-state index in [2.05, 4.69) is 13.0 Å². The van der Waals surface area contributed by atoms with Crippen LogP contribution in [0.15, 0.2) is 24.3 Å². The molecule has 0 spiro atoms. The lowest BCUT2D eigenvalue weighted by Gasteiger charge is -2.14. The average molecular weight is 170 g/mol. The fourth-order valence-corrected chi connectivity index (χ4v) is 1.20. The highest BCUT2D eigenvalue weighted by molar-refractivity contribution is 6.25. The van der Waals surface area contributed by atoms with Crippen LogP contribution in [-0.2, 0) is 0 Å². The van der Waals surface area contributed by atoms with Crippen LogP contribution in [0.1, 0.15) is 12.5 Å². The Hall–Kier alpha value is -0.690. The Labute approximate surface area is 72.7 Å². The standard InChI is InChI=1S/C9H12ClN/c1-3-11(10)9-7-5-4-6-8(9)2/h4-7H,3H2,1-2H3. The normalized spacial score (nSPS) is 9.73. The number of rotatable bonds is 2. The summed E-state index contributed by atoms with van der Waals surface area (Å²) in [5.74, 6) is 0. The van der Waals surface area contributed by atoms with Crippen LogP contribution in [0.25, 0.3) is 0 Å². The lowest BCUT2D eigenvalue weighted by molar-refractivity contribution is 1.09. The molecule has 0 radical (unpaired) electrons. The number of para-hydroxylation sites is 1. The van der Waals surface area contributed by atoms with Crippen LogP contribution in [0.3, 0.4) is 0 Å². The second-order valence-electron chi connectivity index (χ2n) is 2.46. The number of nitrogens with zero attached hydrogens (tertiary/aromatic N) is 1. The van der Waals surface area contributed by atoms with Crippen LogP contribution < -0.4 is 4.42 Å². The lowest BCUT2D eigenvalue weighted by atomic mass is 10.2. The van der Waals surface area contributed by atoms with E-state index in [1.54, 1.807) is 4.42 Å². The number of hydrogen-bond acceptors (Lipinski definition) is 1. The molecule has 0 bridgehead atoms. The molecule has 2 heteroatoms. The molecule has 0 N–H and O–H groups in total. The summed E-state index contributed by atoms with van der Waals surface area (Å²) in [5.41, 5.74) is 2.31. The van der Waals surface area contributed by atoms with E-state index < -0.39 is 0 Å². The lowest BCUT2D eigenvalue weighted by Crippen LogP contribution is -2.09. The molecule has 1 aromatic rings. The van der Waals surface area contributed by atoms with Crippen LogP contribution >= 0.6 is 11.8 Å². The molecule has 0 fully saturated rings. The maximum Gasteiger partial charge on any atom is 0.0552 e. The van der Waals surface area contributed by atoms with Gasteiger partial charge in [-0.15, -0.1) is 0 Å². The van der Waals surface area contributed by atoms with Crippen LogP contribution in [-0.4, -0.2) is 6.54 Å². The van der Waals surface area contributed by atoms with Crippen LogP contribution in [0, 0.1) is 6.92 Å². The van der Waals surface area contributed by atoms with Crippen molar-refractivity contribution in [3.05, 3.63) is 29.8 Å². The van der Waals surface area contributed by atoms with Crippen molar-refractivity contribution >= 4 is 17.5 Å². The summed E-state index contributed by atoms with van der Waals surface area (Å²) in [6, 6.07) is 8.08. The van der Waals surface area contributed by atoms with Crippen molar-refractivity contribution in [2.75, 3.05) is 11.0 Å². The molecule has 11 heavy (non-hydrogen) atoms. The first kappa shape index (κ1) is 8.41. The number of aryl methyl sites for hydroxylation is 1. The molecule has 1 rings (SSSR count). The number of halogens is 1. The largest absolute Gasteiger partial charge is 0.285 e. The molecule has 60 valence electrons. The zero-order chi connectivity index (χ0) is 8.27. The molecule has 0 atom stereocenters. The SMILES string of the molecule is CCN(Cl)c1ccccc1C. The highest BCUT2D eigenvalue weighted by atomic mass is 35.5. The van der Waals surface area contributed by atoms with Crippen molar-refractivity contribution in [2.45, 2.75) is 13.8 Å². The first-order valence-corrected chi connectivity index (χ1v) is 4.08. The Morgan fingerprint density at radius 3 is 2.55 bits per heavy atom. The van der Waals surface area contributed by atoms with Gasteiger partial charge in [-0.05, 0) is 25.5 Å². The van der Waals surface area contributed by atoms with Crippen molar-refractivity contribution in [1.29, 1.82) is 0 Å². The molecule has 0 amide bonds. The average Bonchev–Trinajstić information content (AvgIpc) is 2.04. The van der Waals surface area contributed by atoms with E-state index in [0.717, 1.165) is 12.2 Å². The molecular weight excluding hydrogens is 158 g/mol. The summed E-state index contributed by atoms with van der Waals surface area (Å²) in [6.07, 6.45) is 0. The van der Waals surface area contributed by atoms with Crippen LogP contribution in [0.5, 0.6) is 0 Å². The Kier molecular flexibility index (Phi) is 2.77. The first-order chi connectivity index (χ1) is 5.25. The van der Waals surface area contributed by atoms with Gasteiger partial charge in [0, 0.05) is 18.3 Å². The van der Waals surface area contributed by atoms with Crippen molar-refractivity contribution < 1.29 is 0 Å². The summed E-state index contributed by atoms with van der Waals surface area (Å²) in [7, 11) is 0. The minimum Gasteiger partial charge on any atom is -0.285 e. The Morgan fingerprint density at radius 2 is 2.00 bits per heavy atom. The maximum absolute atomic E-state index is 5.93. The molecule has 0 aliphatic carbocycles. The van der Waals surface area contributed by atoms with Crippen LogP contribution in [0.2, 0.25) is 0 Å². The molecule has 0 saturated carbocycles. The minimum absolute atomic E-state index is 0.826. The van der Waals surface area contributed by atoms with E-state index in [9.17, 15) is 0 Å². The summed E-state index contributed by atoms with van der Waals surface area (Å²) < 4.78 is 1.72. The van der Waals surface area contributed by atoms with Gasteiger partial charge in [-0.25, -0.2) is 0 Å². The molecule has 1 aromatic carbocycles. The zero-order valence-corrected chi connectivity index (χ0v) is 7.60. The van der Waals surface area contributed by atoms with Crippen molar-refractivity contribution in [1.82, 2.24) is 0 Å². The summed E-state index contributed by atoms with van der Waals surface area (Å²) in [4.78, 5) is 0. The van der Waals surface area contributed by atoms with E-state index in [-0.39, 0.29) is 0 Å². The maximum atomic E-state index is 5.93. The van der Waals surface area contributed by atoms with Gasteiger partial charge in [0.2, 0.25) is 0 Å². The first-order valence-electron chi connectivity index (χ1n) is 3.74.